The number of rotatable bonds is 6. The fraction of sp³-hybridized carbons (Fsp3) is 0.846. The van der Waals surface area contributed by atoms with E-state index < -0.39 is 5.60 Å². The first kappa shape index (κ1) is 14.1. The summed E-state index contributed by atoms with van der Waals surface area (Å²) >= 11 is 1.94. The second-order valence-electron chi connectivity index (χ2n) is 5.01. The van der Waals surface area contributed by atoms with Gasteiger partial charge in [0.15, 0.2) is 0 Å². The van der Waals surface area contributed by atoms with Crippen molar-refractivity contribution >= 4 is 11.8 Å². The minimum absolute atomic E-state index is 0.441. The zero-order valence-electron chi connectivity index (χ0n) is 10.5. The zero-order valence-corrected chi connectivity index (χ0v) is 11.4. The molecule has 0 aliphatic carbocycles. The summed E-state index contributed by atoms with van der Waals surface area (Å²) in [7, 11) is 0. The minimum Gasteiger partial charge on any atom is -0.389 e. The van der Waals surface area contributed by atoms with Crippen LogP contribution >= 0.6 is 11.8 Å². The molecule has 2 nitrogen and oxygen atoms in total. The van der Waals surface area contributed by atoms with Crippen LogP contribution in [0.1, 0.15) is 33.1 Å². The van der Waals surface area contributed by atoms with Crippen molar-refractivity contribution in [2.45, 2.75) is 44.8 Å². The molecule has 1 aliphatic heterocycles. The Morgan fingerprint density at radius 2 is 2.06 bits per heavy atom. The Balaban J connectivity index is 2.29. The number of nitrogens with one attached hydrogen (secondary N) is 1. The summed E-state index contributed by atoms with van der Waals surface area (Å²) < 4.78 is 0. The lowest BCUT2D eigenvalue weighted by atomic mass is 9.94. The predicted octanol–water partition coefficient (Wildman–Crippen LogP) is 2.43. The van der Waals surface area contributed by atoms with Crippen LogP contribution in [0.4, 0.5) is 0 Å². The molecule has 0 aromatic rings. The summed E-state index contributed by atoms with van der Waals surface area (Å²) in [5.41, 5.74) is -0.465. The minimum atomic E-state index is -0.465. The van der Waals surface area contributed by atoms with Crippen molar-refractivity contribution in [1.82, 2.24) is 5.32 Å². The molecule has 0 amide bonds. The highest BCUT2D eigenvalue weighted by molar-refractivity contribution is 7.99. The third-order valence-electron chi connectivity index (χ3n) is 3.57. The lowest BCUT2D eigenvalue weighted by Crippen LogP contribution is -2.47. The van der Waals surface area contributed by atoms with Crippen molar-refractivity contribution in [1.29, 1.82) is 0 Å². The molecule has 1 saturated heterocycles. The van der Waals surface area contributed by atoms with Gasteiger partial charge in [-0.15, -0.1) is 6.58 Å². The molecule has 0 saturated carbocycles. The first-order valence-electron chi connectivity index (χ1n) is 6.22. The van der Waals surface area contributed by atoms with Gasteiger partial charge in [-0.3, -0.25) is 0 Å². The van der Waals surface area contributed by atoms with E-state index in [0.717, 1.165) is 37.3 Å². The summed E-state index contributed by atoms with van der Waals surface area (Å²) in [5.74, 6) is 2.77. The lowest BCUT2D eigenvalue weighted by molar-refractivity contribution is 0.0285. The van der Waals surface area contributed by atoms with Crippen molar-refractivity contribution in [2.75, 3.05) is 18.1 Å². The van der Waals surface area contributed by atoms with Crippen LogP contribution in [-0.2, 0) is 0 Å². The molecule has 1 fully saturated rings. The topological polar surface area (TPSA) is 32.3 Å². The summed E-state index contributed by atoms with van der Waals surface area (Å²) in [6.45, 7) is 8.91. The Morgan fingerprint density at radius 1 is 1.44 bits per heavy atom. The second kappa shape index (κ2) is 6.67. The van der Waals surface area contributed by atoms with Crippen LogP contribution in [0, 0.1) is 5.92 Å². The Kier molecular flexibility index (Phi) is 5.87. The number of thioether (sulfide) groups is 1. The zero-order chi connectivity index (χ0) is 12.0. The summed E-state index contributed by atoms with van der Waals surface area (Å²) in [6, 6.07) is 0.441. The van der Waals surface area contributed by atoms with E-state index in [1.807, 2.05) is 17.8 Å². The van der Waals surface area contributed by atoms with Gasteiger partial charge in [-0.25, -0.2) is 0 Å². The maximum absolute atomic E-state index is 10.3. The van der Waals surface area contributed by atoms with Crippen molar-refractivity contribution in [3.8, 4) is 0 Å². The van der Waals surface area contributed by atoms with Gasteiger partial charge in [-0.05, 0) is 43.6 Å². The van der Waals surface area contributed by atoms with Crippen LogP contribution in [0.15, 0.2) is 12.7 Å². The number of allylic oxidation sites excluding steroid dienone is 1. The largest absolute Gasteiger partial charge is 0.389 e. The van der Waals surface area contributed by atoms with Gasteiger partial charge >= 0.3 is 0 Å². The Morgan fingerprint density at radius 3 is 2.62 bits per heavy atom. The maximum Gasteiger partial charge on any atom is 0.0787 e. The Labute approximate surface area is 104 Å². The van der Waals surface area contributed by atoms with Gasteiger partial charge in [0.25, 0.3) is 0 Å². The third kappa shape index (κ3) is 4.48. The SMILES string of the molecule is C=CCC(C)C(C)NCC1(O)CCSCC1. The standard InChI is InChI=1S/C13H25NOS/c1-4-5-11(2)12(3)14-10-13(15)6-8-16-9-7-13/h4,11-12,14-15H,1,5-10H2,2-3H3. The quantitative estimate of drug-likeness (QED) is 0.703. The van der Waals surface area contributed by atoms with E-state index in [4.69, 9.17) is 0 Å². The molecule has 1 rings (SSSR count). The molecule has 0 spiro atoms. The molecular weight excluding hydrogens is 218 g/mol. The van der Waals surface area contributed by atoms with Crippen LogP contribution in [0.2, 0.25) is 0 Å². The molecule has 1 heterocycles. The van der Waals surface area contributed by atoms with E-state index in [1.165, 1.54) is 0 Å². The van der Waals surface area contributed by atoms with Crippen molar-refractivity contribution in [3.05, 3.63) is 12.7 Å². The fourth-order valence-corrected chi connectivity index (χ4v) is 3.20. The van der Waals surface area contributed by atoms with Crippen LogP contribution in [0.5, 0.6) is 0 Å². The highest BCUT2D eigenvalue weighted by Gasteiger charge is 2.29. The van der Waals surface area contributed by atoms with E-state index in [0.29, 0.717) is 12.0 Å². The molecule has 16 heavy (non-hydrogen) atoms. The van der Waals surface area contributed by atoms with Crippen LogP contribution in [0.3, 0.4) is 0 Å². The van der Waals surface area contributed by atoms with Crippen LogP contribution < -0.4 is 5.32 Å². The third-order valence-corrected chi connectivity index (χ3v) is 4.55. The molecule has 0 radical (unpaired) electrons. The fourth-order valence-electron chi connectivity index (χ4n) is 1.95. The van der Waals surface area contributed by atoms with E-state index >= 15 is 0 Å². The van der Waals surface area contributed by atoms with Gasteiger partial charge in [0.05, 0.1) is 5.60 Å². The van der Waals surface area contributed by atoms with Gasteiger partial charge in [0.1, 0.15) is 0 Å². The van der Waals surface area contributed by atoms with Gasteiger partial charge in [-0.1, -0.05) is 13.0 Å². The first-order chi connectivity index (χ1) is 7.57. The van der Waals surface area contributed by atoms with E-state index in [-0.39, 0.29) is 0 Å². The van der Waals surface area contributed by atoms with E-state index in [2.05, 4.69) is 25.7 Å². The lowest BCUT2D eigenvalue weighted by Gasteiger charge is -2.34. The summed E-state index contributed by atoms with van der Waals surface area (Å²) in [6.07, 6.45) is 4.84. The average molecular weight is 243 g/mol. The smallest absolute Gasteiger partial charge is 0.0787 e. The van der Waals surface area contributed by atoms with Crippen LogP contribution in [-0.4, -0.2) is 34.8 Å². The molecule has 2 N–H and O–H groups in total. The molecule has 2 unspecified atom stereocenters. The average Bonchev–Trinajstić information content (AvgIpc) is 2.27. The monoisotopic (exact) mass is 243 g/mol. The van der Waals surface area contributed by atoms with Gasteiger partial charge in [0, 0.05) is 12.6 Å². The normalized spacial score (nSPS) is 23.7. The van der Waals surface area contributed by atoms with Crippen LogP contribution in [0.25, 0.3) is 0 Å². The van der Waals surface area contributed by atoms with Crippen molar-refractivity contribution < 1.29 is 5.11 Å². The molecule has 0 aromatic carbocycles. The highest BCUT2D eigenvalue weighted by atomic mass is 32.2. The predicted molar refractivity (Wildman–Crippen MR) is 73.0 cm³/mol. The molecule has 2 atom stereocenters. The number of aliphatic hydroxyl groups is 1. The van der Waals surface area contributed by atoms with E-state index in [1.54, 1.807) is 0 Å². The molecule has 0 aromatic heterocycles. The molecule has 3 heteroatoms. The summed E-state index contributed by atoms with van der Waals surface area (Å²) in [5, 5.41) is 13.8. The van der Waals surface area contributed by atoms with Gasteiger partial charge in [0.2, 0.25) is 0 Å². The Bertz CT molecular complexity index is 214. The summed E-state index contributed by atoms with van der Waals surface area (Å²) in [4.78, 5) is 0. The highest BCUT2D eigenvalue weighted by Crippen LogP contribution is 2.26. The Hall–Kier alpha value is 0.0100. The maximum atomic E-state index is 10.3. The molecule has 94 valence electrons. The second-order valence-corrected chi connectivity index (χ2v) is 6.23. The first-order valence-corrected chi connectivity index (χ1v) is 7.37. The van der Waals surface area contributed by atoms with Gasteiger partial charge in [-0.2, -0.15) is 11.8 Å². The molecular formula is C13H25NOS. The van der Waals surface area contributed by atoms with Gasteiger partial charge < -0.3 is 10.4 Å². The van der Waals surface area contributed by atoms with E-state index in [9.17, 15) is 5.11 Å². The number of hydrogen-bond donors (Lipinski definition) is 2. The number of hydrogen-bond acceptors (Lipinski definition) is 3. The molecule has 0 bridgehead atoms. The van der Waals surface area contributed by atoms with Crippen molar-refractivity contribution in [2.24, 2.45) is 5.92 Å². The van der Waals surface area contributed by atoms with Crippen molar-refractivity contribution in [3.63, 3.8) is 0 Å². The molecule has 1 aliphatic rings.